The van der Waals surface area contributed by atoms with E-state index in [1.807, 2.05) is 6.07 Å². The highest BCUT2D eigenvalue weighted by molar-refractivity contribution is 8.00. The summed E-state index contributed by atoms with van der Waals surface area (Å²) in [4.78, 5) is 23.4. The van der Waals surface area contributed by atoms with Crippen molar-refractivity contribution in [2.45, 2.75) is 33.9 Å². The van der Waals surface area contributed by atoms with E-state index in [2.05, 4.69) is 5.32 Å². The van der Waals surface area contributed by atoms with Gasteiger partial charge in [-0.25, -0.2) is 4.79 Å². The Morgan fingerprint density at radius 2 is 1.86 bits per heavy atom. The van der Waals surface area contributed by atoms with Crippen molar-refractivity contribution in [3.8, 4) is 0 Å². The fraction of sp³-hybridized carbons (Fsp3) is 0.240. The van der Waals surface area contributed by atoms with Gasteiger partial charge in [0.1, 0.15) is 0 Å². The molecule has 0 saturated heterocycles. The van der Waals surface area contributed by atoms with E-state index < -0.39 is 5.97 Å². The number of benzene rings is 3. The zero-order chi connectivity index (χ0) is 24.9. The van der Waals surface area contributed by atoms with Crippen molar-refractivity contribution < 1.29 is 14.8 Å². The van der Waals surface area contributed by atoms with E-state index in [1.165, 1.54) is 17.8 Å². The number of halogens is 3. The summed E-state index contributed by atoms with van der Waals surface area (Å²) in [6.45, 7) is 0. The van der Waals surface area contributed by atoms with Crippen molar-refractivity contribution in [2.75, 3.05) is 5.32 Å². The predicted octanol–water partition coefficient (Wildman–Crippen LogP) is 7.64. The molecular weight excluding hydrogens is 531 g/mol. The average Bonchev–Trinajstić information content (AvgIpc) is 3.15. The number of hydrogen-bond acceptors (Lipinski definition) is 5. The van der Waals surface area contributed by atoms with Crippen LogP contribution >= 0.6 is 46.6 Å². The first-order valence-corrected chi connectivity index (χ1v) is 12.9. The largest absolute Gasteiger partial charge is 0.478 e. The van der Waals surface area contributed by atoms with E-state index in [9.17, 15) is 20.0 Å². The van der Waals surface area contributed by atoms with Crippen LogP contribution in [0.15, 0.2) is 65.6 Å². The first-order valence-electron chi connectivity index (χ1n) is 10.9. The fourth-order valence-electron chi connectivity index (χ4n) is 5.18. The SMILES string of the molecule is O=C(O)c1ccc2c(c1)[C@@H]1[C@@H](Cl)[C@@H](Sc3ccccc3[N+](=O)[O-])C[C@@H]1[C@@H](c1ccc(Cl)cc1Cl)N2. The summed E-state index contributed by atoms with van der Waals surface area (Å²) in [5.74, 6) is -1.21. The predicted molar refractivity (Wildman–Crippen MR) is 139 cm³/mol. The van der Waals surface area contributed by atoms with Crippen molar-refractivity contribution >= 4 is 63.9 Å². The van der Waals surface area contributed by atoms with Crippen LogP contribution in [0.4, 0.5) is 11.4 Å². The lowest BCUT2D eigenvalue weighted by Gasteiger charge is -2.38. The number of hydrogen-bond donors (Lipinski definition) is 2. The van der Waals surface area contributed by atoms with Gasteiger partial charge >= 0.3 is 5.97 Å². The van der Waals surface area contributed by atoms with Crippen LogP contribution in [0, 0.1) is 16.0 Å². The van der Waals surface area contributed by atoms with Gasteiger partial charge in [0.2, 0.25) is 0 Å². The second-order valence-corrected chi connectivity index (χ2v) is 11.3. The number of anilines is 1. The Labute approximate surface area is 220 Å². The summed E-state index contributed by atoms with van der Waals surface area (Å²) in [5.41, 5.74) is 2.74. The molecule has 5 atom stereocenters. The quantitative estimate of drug-likeness (QED) is 0.193. The molecule has 3 aromatic rings. The van der Waals surface area contributed by atoms with Crippen LogP contribution in [-0.2, 0) is 0 Å². The van der Waals surface area contributed by atoms with Crippen LogP contribution in [0.1, 0.15) is 39.9 Å². The van der Waals surface area contributed by atoms with Crippen LogP contribution in [0.3, 0.4) is 0 Å². The lowest BCUT2D eigenvalue weighted by atomic mass is 9.77. The summed E-state index contributed by atoms with van der Waals surface area (Å²) < 4.78 is 0. The van der Waals surface area contributed by atoms with Gasteiger partial charge in [0.15, 0.2) is 0 Å². The fourth-order valence-corrected chi connectivity index (χ4v) is 7.65. The number of carbonyl (C=O) groups is 1. The number of aromatic carboxylic acids is 1. The maximum absolute atomic E-state index is 11.7. The molecule has 2 aliphatic rings. The van der Waals surface area contributed by atoms with E-state index >= 15 is 0 Å². The van der Waals surface area contributed by atoms with Gasteiger partial charge in [0, 0.05) is 33.0 Å². The Morgan fingerprint density at radius 3 is 2.57 bits per heavy atom. The Hall–Kier alpha value is -2.45. The van der Waals surface area contributed by atoms with Crippen molar-refractivity contribution in [3.05, 3.63) is 97.5 Å². The van der Waals surface area contributed by atoms with E-state index in [1.54, 1.807) is 48.5 Å². The summed E-state index contributed by atoms with van der Waals surface area (Å²) in [7, 11) is 0. The highest BCUT2D eigenvalue weighted by Crippen LogP contribution is 2.58. The molecule has 0 radical (unpaired) electrons. The monoisotopic (exact) mass is 548 g/mol. The molecule has 0 unspecified atom stereocenters. The van der Waals surface area contributed by atoms with Gasteiger partial charge in [-0.3, -0.25) is 10.1 Å². The van der Waals surface area contributed by atoms with Crippen LogP contribution in [0.5, 0.6) is 0 Å². The molecule has 1 aliphatic carbocycles. The van der Waals surface area contributed by atoms with Crippen LogP contribution in [0.2, 0.25) is 10.0 Å². The topological polar surface area (TPSA) is 92.5 Å². The second-order valence-electron chi connectivity index (χ2n) is 8.65. The second kappa shape index (κ2) is 9.54. The lowest BCUT2D eigenvalue weighted by molar-refractivity contribution is -0.387. The minimum atomic E-state index is -1.01. The summed E-state index contributed by atoms with van der Waals surface area (Å²) in [6.07, 6.45) is 0.656. The highest BCUT2D eigenvalue weighted by Gasteiger charge is 2.50. The van der Waals surface area contributed by atoms with Crippen molar-refractivity contribution in [2.24, 2.45) is 5.92 Å². The Morgan fingerprint density at radius 1 is 1.09 bits per heavy atom. The number of nitrogens with zero attached hydrogens (tertiary/aromatic N) is 1. The molecular formula is C25H19Cl3N2O4S. The summed E-state index contributed by atoms with van der Waals surface area (Å²) in [6, 6.07) is 16.8. The Bertz CT molecular complexity index is 1340. The molecule has 1 fully saturated rings. The first-order chi connectivity index (χ1) is 16.7. The van der Waals surface area contributed by atoms with Gasteiger partial charge in [-0.2, -0.15) is 0 Å². The molecule has 6 nitrogen and oxygen atoms in total. The number of carboxylic acid groups (broad SMARTS) is 1. The summed E-state index contributed by atoms with van der Waals surface area (Å²) in [5, 5.41) is 25.2. The smallest absolute Gasteiger partial charge is 0.335 e. The molecule has 180 valence electrons. The number of carboxylic acids is 1. The summed E-state index contributed by atoms with van der Waals surface area (Å²) >= 11 is 21.2. The van der Waals surface area contributed by atoms with Gasteiger partial charge < -0.3 is 10.4 Å². The third-order valence-electron chi connectivity index (χ3n) is 6.70. The van der Waals surface area contributed by atoms with Crippen LogP contribution < -0.4 is 5.32 Å². The third-order valence-corrected chi connectivity index (χ3v) is 9.37. The molecule has 5 rings (SSSR count). The highest BCUT2D eigenvalue weighted by atomic mass is 35.5. The number of para-hydroxylation sites is 1. The molecule has 1 aliphatic heterocycles. The Balaban J connectivity index is 1.58. The number of nitro benzene ring substituents is 1. The molecule has 2 N–H and O–H groups in total. The van der Waals surface area contributed by atoms with E-state index in [4.69, 9.17) is 34.8 Å². The van der Waals surface area contributed by atoms with E-state index in [0.29, 0.717) is 21.4 Å². The zero-order valence-electron chi connectivity index (χ0n) is 18.0. The normalized spacial score (nSPS) is 24.8. The number of nitrogens with one attached hydrogen (secondary N) is 1. The number of alkyl halides is 1. The first kappa shape index (κ1) is 24.3. The zero-order valence-corrected chi connectivity index (χ0v) is 21.1. The molecule has 3 aromatic carbocycles. The van der Waals surface area contributed by atoms with E-state index in [-0.39, 0.29) is 44.7 Å². The molecule has 1 saturated carbocycles. The van der Waals surface area contributed by atoms with Gasteiger partial charge in [0.25, 0.3) is 5.69 Å². The van der Waals surface area contributed by atoms with Crippen molar-refractivity contribution in [1.29, 1.82) is 0 Å². The van der Waals surface area contributed by atoms with Gasteiger partial charge in [-0.05, 0) is 59.9 Å². The molecule has 0 bridgehead atoms. The number of fused-ring (bicyclic) bond motifs is 3. The molecule has 0 spiro atoms. The van der Waals surface area contributed by atoms with Gasteiger partial charge in [-0.1, -0.05) is 41.4 Å². The Kier molecular flexibility index (Phi) is 6.61. The maximum Gasteiger partial charge on any atom is 0.335 e. The maximum atomic E-state index is 11.7. The molecule has 0 aromatic heterocycles. The van der Waals surface area contributed by atoms with Gasteiger partial charge in [-0.15, -0.1) is 23.4 Å². The van der Waals surface area contributed by atoms with Gasteiger partial charge in [0.05, 0.1) is 26.8 Å². The number of nitro groups is 1. The number of thioether (sulfide) groups is 1. The molecule has 0 amide bonds. The molecule has 35 heavy (non-hydrogen) atoms. The third kappa shape index (κ3) is 4.47. The minimum Gasteiger partial charge on any atom is -0.478 e. The van der Waals surface area contributed by atoms with Crippen molar-refractivity contribution in [3.63, 3.8) is 0 Å². The van der Waals surface area contributed by atoms with E-state index in [0.717, 1.165) is 16.8 Å². The standard InChI is InChI=1S/C25H19Cl3N2O4S/c26-13-6-7-14(17(27)10-13)24-16-11-21(35-20-4-2-1-3-19(20)30(33)34)23(28)22(16)15-9-12(25(31)32)5-8-18(15)29-24/h1-10,16,21-24,29H,11H2,(H,31,32)/t16-,21-,22-,23-,24+/m0/s1. The van der Waals surface area contributed by atoms with Crippen LogP contribution in [0.25, 0.3) is 0 Å². The average molecular weight is 550 g/mol. The van der Waals surface area contributed by atoms with Crippen molar-refractivity contribution in [1.82, 2.24) is 0 Å². The number of rotatable bonds is 5. The van der Waals surface area contributed by atoms with Crippen LogP contribution in [-0.4, -0.2) is 26.6 Å². The minimum absolute atomic E-state index is 0.0204. The lowest BCUT2D eigenvalue weighted by Crippen LogP contribution is -2.31. The molecule has 10 heteroatoms. The molecule has 1 heterocycles.